The van der Waals surface area contributed by atoms with E-state index in [-0.39, 0.29) is 11.9 Å². The SMILES string of the molecule is CC(C)CN1C(=O)N(C)C2(CCN(C3CCSC3)CC2)C1=O. The van der Waals surface area contributed by atoms with Gasteiger partial charge in [0.05, 0.1) is 0 Å². The second kappa shape index (κ2) is 6.04. The minimum atomic E-state index is -0.575. The van der Waals surface area contributed by atoms with E-state index in [1.54, 1.807) is 4.90 Å². The molecular weight excluding hydrogens is 298 g/mol. The number of hydrogen-bond donors (Lipinski definition) is 0. The summed E-state index contributed by atoms with van der Waals surface area (Å²) in [5.41, 5.74) is -0.575. The number of likely N-dealkylation sites (tertiary alicyclic amines) is 1. The third kappa shape index (κ3) is 2.54. The Hall–Kier alpha value is -0.750. The predicted molar refractivity (Wildman–Crippen MR) is 89.0 cm³/mol. The summed E-state index contributed by atoms with van der Waals surface area (Å²) < 4.78 is 0. The molecule has 0 aromatic heterocycles. The first-order valence-corrected chi connectivity index (χ1v) is 9.53. The highest BCUT2D eigenvalue weighted by atomic mass is 32.2. The smallest absolute Gasteiger partial charge is 0.312 e. The van der Waals surface area contributed by atoms with Crippen molar-refractivity contribution >= 4 is 23.7 Å². The fraction of sp³-hybridized carbons (Fsp3) is 0.875. The molecule has 6 heteroatoms. The zero-order valence-corrected chi connectivity index (χ0v) is 14.7. The summed E-state index contributed by atoms with van der Waals surface area (Å²) >= 11 is 2.03. The lowest BCUT2D eigenvalue weighted by molar-refractivity contribution is -0.135. The molecule has 1 unspecified atom stereocenters. The van der Waals surface area contributed by atoms with Gasteiger partial charge >= 0.3 is 6.03 Å². The molecule has 0 radical (unpaired) electrons. The highest BCUT2D eigenvalue weighted by Gasteiger charge is 2.56. The molecule has 0 aromatic carbocycles. The van der Waals surface area contributed by atoms with Crippen LogP contribution in [0.2, 0.25) is 0 Å². The van der Waals surface area contributed by atoms with Crippen molar-refractivity contribution in [2.24, 2.45) is 5.92 Å². The minimum Gasteiger partial charge on any atom is -0.312 e. The van der Waals surface area contributed by atoms with E-state index in [2.05, 4.69) is 4.90 Å². The fourth-order valence-electron chi connectivity index (χ4n) is 3.99. The van der Waals surface area contributed by atoms with Crippen molar-refractivity contribution in [2.75, 3.05) is 38.2 Å². The van der Waals surface area contributed by atoms with Crippen molar-refractivity contribution in [2.45, 2.75) is 44.7 Å². The van der Waals surface area contributed by atoms with Gasteiger partial charge in [0, 0.05) is 38.5 Å². The average Bonchev–Trinajstić information content (AvgIpc) is 3.09. The largest absolute Gasteiger partial charge is 0.327 e. The lowest BCUT2D eigenvalue weighted by atomic mass is 9.85. The van der Waals surface area contributed by atoms with Crippen LogP contribution < -0.4 is 0 Å². The molecule has 0 saturated carbocycles. The van der Waals surface area contributed by atoms with Crippen LogP contribution in [-0.2, 0) is 4.79 Å². The molecule has 0 aliphatic carbocycles. The van der Waals surface area contributed by atoms with Gasteiger partial charge in [0.1, 0.15) is 5.54 Å². The Bertz CT molecular complexity index is 454. The summed E-state index contributed by atoms with van der Waals surface area (Å²) in [6.07, 6.45) is 2.83. The normalized spacial score (nSPS) is 29.4. The molecule has 3 amide bonds. The molecule has 0 N–H and O–H groups in total. The van der Waals surface area contributed by atoms with Crippen LogP contribution in [0.5, 0.6) is 0 Å². The van der Waals surface area contributed by atoms with Crippen LogP contribution in [0.3, 0.4) is 0 Å². The van der Waals surface area contributed by atoms with Crippen molar-refractivity contribution in [3.8, 4) is 0 Å². The summed E-state index contributed by atoms with van der Waals surface area (Å²) in [6, 6.07) is 0.565. The van der Waals surface area contributed by atoms with Crippen LogP contribution >= 0.6 is 11.8 Å². The van der Waals surface area contributed by atoms with Crippen molar-refractivity contribution in [1.82, 2.24) is 14.7 Å². The molecule has 3 aliphatic heterocycles. The lowest BCUT2D eigenvalue weighted by Crippen LogP contribution is -2.57. The fourth-order valence-corrected chi connectivity index (χ4v) is 5.25. The van der Waals surface area contributed by atoms with Crippen LogP contribution in [0.15, 0.2) is 0 Å². The number of rotatable bonds is 3. The second-order valence-electron chi connectivity index (χ2n) is 7.24. The minimum absolute atomic E-state index is 0.0362. The molecule has 124 valence electrons. The van der Waals surface area contributed by atoms with Crippen molar-refractivity contribution in [3.05, 3.63) is 0 Å². The highest BCUT2D eigenvalue weighted by Crippen LogP contribution is 2.38. The highest BCUT2D eigenvalue weighted by molar-refractivity contribution is 7.99. The predicted octanol–water partition coefficient (Wildman–Crippen LogP) is 1.88. The van der Waals surface area contributed by atoms with Gasteiger partial charge in [0.25, 0.3) is 5.91 Å². The molecule has 22 heavy (non-hydrogen) atoms. The number of amides is 3. The van der Waals surface area contributed by atoms with E-state index in [0.717, 1.165) is 25.9 Å². The van der Waals surface area contributed by atoms with E-state index in [0.29, 0.717) is 18.5 Å². The van der Waals surface area contributed by atoms with Crippen LogP contribution in [0.4, 0.5) is 4.79 Å². The molecule has 1 spiro atoms. The third-order valence-corrected chi connectivity index (χ3v) is 6.54. The van der Waals surface area contributed by atoms with Gasteiger partial charge in [0.15, 0.2) is 0 Å². The van der Waals surface area contributed by atoms with Gasteiger partial charge in [-0.25, -0.2) is 4.79 Å². The number of urea groups is 1. The van der Waals surface area contributed by atoms with Gasteiger partial charge in [-0.3, -0.25) is 14.6 Å². The van der Waals surface area contributed by atoms with Gasteiger partial charge in [-0.1, -0.05) is 13.8 Å². The zero-order valence-electron chi connectivity index (χ0n) is 13.9. The number of nitrogens with zero attached hydrogens (tertiary/aromatic N) is 3. The standard InChI is InChI=1S/C16H27N3O2S/c1-12(2)10-19-14(20)16(17(3)15(19)21)5-7-18(8-6-16)13-4-9-22-11-13/h12-13H,4-11H2,1-3H3. The van der Waals surface area contributed by atoms with Crippen LogP contribution in [0.1, 0.15) is 33.1 Å². The number of hydrogen-bond acceptors (Lipinski definition) is 4. The summed E-state index contributed by atoms with van der Waals surface area (Å²) in [4.78, 5) is 31.1. The van der Waals surface area contributed by atoms with Gasteiger partial charge in [0.2, 0.25) is 0 Å². The molecule has 0 bridgehead atoms. The topological polar surface area (TPSA) is 43.9 Å². The van der Waals surface area contributed by atoms with Crippen LogP contribution in [-0.4, -0.2) is 76.4 Å². The van der Waals surface area contributed by atoms with Crippen molar-refractivity contribution in [1.29, 1.82) is 0 Å². The summed E-state index contributed by atoms with van der Waals surface area (Å²) in [6.45, 7) is 6.50. The Morgan fingerprint density at radius 2 is 1.95 bits per heavy atom. The molecule has 3 heterocycles. The first-order valence-electron chi connectivity index (χ1n) is 8.37. The maximum Gasteiger partial charge on any atom is 0.327 e. The summed E-state index contributed by atoms with van der Waals surface area (Å²) in [7, 11) is 1.81. The van der Waals surface area contributed by atoms with E-state index in [1.165, 1.54) is 22.8 Å². The zero-order chi connectivity index (χ0) is 15.9. The first kappa shape index (κ1) is 16.1. The average molecular weight is 325 g/mol. The van der Waals surface area contributed by atoms with Crippen LogP contribution in [0, 0.1) is 5.92 Å². The Balaban J connectivity index is 1.71. The van der Waals surface area contributed by atoms with Gasteiger partial charge < -0.3 is 4.90 Å². The van der Waals surface area contributed by atoms with E-state index in [9.17, 15) is 9.59 Å². The van der Waals surface area contributed by atoms with E-state index < -0.39 is 5.54 Å². The maximum atomic E-state index is 12.9. The number of likely N-dealkylation sites (N-methyl/N-ethyl adjacent to an activating group) is 1. The second-order valence-corrected chi connectivity index (χ2v) is 8.39. The number of piperidine rings is 1. The summed E-state index contributed by atoms with van der Waals surface area (Å²) in [5, 5.41) is 0. The molecule has 3 fully saturated rings. The van der Waals surface area contributed by atoms with E-state index in [1.807, 2.05) is 32.7 Å². The van der Waals surface area contributed by atoms with Gasteiger partial charge in [-0.05, 0) is 30.9 Å². The van der Waals surface area contributed by atoms with Gasteiger partial charge in [-0.2, -0.15) is 11.8 Å². The molecule has 3 aliphatic rings. The number of carbonyl (C=O) groups excluding carboxylic acids is 2. The molecule has 1 atom stereocenters. The molecular formula is C16H27N3O2S. The van der Waals surface area contributed by atoms with Gasteiger partial charge in [-0.15, -0.1) is 0 Å². The Morgan fingerprint density at radius 1 is 1.27 bits per heavy atom. The van der Waals surface area contributed by atoms with Crippen LogP contribution in [0.25, 0.3) is 0 Å². The maximum absolute atomic E-state index is 12.9. The van der Waals surface area contributed by atoms with E-state index in [4.69, 9.17) is 0 Å². The molecule has 5 nitrogen and oxygen atoms in total. The monoisotopic (exact) mass is 325 g/mol. The molecule has 3 saturated heterocycles. The number of carbonyl (C=O) groups is 2. The van der Waals surface area contributed by atoms with Crippen molar-refractivity contribution in [3.63, 3.8) is 0 Å². The Labute approximate surface area is 137 Å². The molecule has 0 aromatic rings. The quantitative estimate of drug-likeness (QED) is 0.743. The third-order valence-electron chi connectivity index (χ3n) is 5.40. The summed E-state index contributed by atoms with van der Waals surface area (Å²) in [5.74, 6) is 2.82. The Morgan fingerprint density at radius 3 is 2.50 bits per heavy atom. The Kier molecular flexibility index (Phi) is 4.42. The number of thioether (sulfide) groups is 1. The lowest BCUT2D eigenvalue weighted by Gasteiger charge is -2.42. The van der Waals surface area contributed by atoms with Crippen molar-refractivity contribution < 1.29 is 9.59 Å². The molecule has 3 rings (SSSR count). The number of imide groups is 1. The first-order chi connectivity index (χ1) is 10.5. The van der Waals surface area contributed by atoms with E-state index >= 15 is 0 Å².